The van der Waals surface area contributed by atoms with Gasteiger partial charge in [-0.15, -0.1) is 11.3 Å². The Morgan fingerprint density at radius 1 is 1.60 bits per heavy atom. The fourth-order valence-corrected chi connectivity index (χ4v) is 1.76. The van der Waals surface area contributed by atoms with Crippen LogP contribution in [0.15, 0.2) is 5.38 Å². The first-order chi connectivity index (χ1) is 7.17. The molecule has 1 heterocycles. The van der Waals surface area contributed by atoms with E-state index in [0.717, 1.165) is 23.5 Å². The summed E-state index contributed by atoms with van der Waals surface area (Å²) in [6.07, 6.45) is 1.75. The van der Waals surface area contributed by atoms with Crippen LogP contribution in [0, 0.1) is 5.92 Å². The highest BCUT2D eigenvalue weighted by molar-refractivity contribution is 7.09. The zero-order valence-corrected chi connectivity index (χ0v) is 10.3. The van der Waals surface area contributed by atoms with Gasteiger partial charge in [-0.1, -0.05) is 20.8 Å². The standard InChI is InChI=1S/C11H17NO2S/c1-4-8(3)11(13)14-6-9-7-15-10(5-2)12-9/h7-8H,4-6H2,1-3H3. The van der Waals surface area contributed by atoms with Crippen LogP contribution in [0.3, 0.4) is 0 Å². The Labute approximate surface area is 94.5 Å². The summed E-state index contributed by atoms with van der Waals surface area (Å²) >= 11 is 1.61. The molecule has 0 aliphatic heterocycles. The van der Waals surface area contributed by atoms with Crippen molar-refractivity contribution in [3.8, 4) is 0 Å². The Morgan fingerprint density at radius 2 is 2.33 bits per heavy atom. The average molecular weight is 227 g/mol. The first-order valence-electron chi connectivity index (χ1n) is 5.27. The highest BCUT2D eigenvalue weighted by Crippen LogP contribution is 2.12. The third-order valence-corrected chi connectivity index (χ3v) is 3.32. The maximum Gasteiger partial charge on any atom is 0.309 e. The van der Waals surface area contributed by atoms with Crippen LogP contribution in [-0.2, 0) is 22.6 Å². The quantitative estimate of drug-likeness (QED) is 0.726. The molecule has 0 fully saturated rings. The molecule has 84 valence electrons. The topological polar surface area (TPSA) is 39.2 Å². The van der Waals surface area contributed by atoms with E-state index in [2.05, 4.69) is 11.9 Å². The first-order valence-corrected chi connectivity index (χ1v) is 6.15. The lowest BCUT2D eigenvalue weighted by atomic mass is 10.1. The molecule has 1 unspecified atom stereocenters. The maximum atomic E-state index is 11.4. The van der Waals surface area contributed by atoms with E-state index in [1.807, 2.05) is 19.2 Å². The molecular weight excluding hydrogens is 210 g/mol. The third-order valence-electron chi connectivity index (χ3n) is 2.28. The predicted octanol–water partition coefficient (Wildman–Crippen LogP) is 2.79. The van der Waals surface area contributed by atoms with Crippen molar-refractivity contribution < 1.29 is 9.53 Å². The van der Waals surface area contributed by atoms with Crippen LogP contribution in [-0.4, -0.2) is 11.0 Å². The van der Waals surface area contributed by atoms with Gasteiger partial charge in [0.25, 0.3) is 0 Å². The van der Waals surface area contributed by atoms with Gasteiger partial charge in [0.05, 0.1) is 16.6 Å². The Morgan fingerprint density at radius 3 is 2.87 bits per heavy atom. The van der Waals surface area contributed by atoms with Crippen molar-refractivity contribution in [2.24, 2.45) is 5.92 Å². The number of carbonyl (C=O) groups is 1. The van der Waals surface area contributed by atoms with Crippen LogP contribution >= 0.6 is 11.3 Å². The van der Waals surface area contributed by atoms with Gasteiger partial charge >= 0.3 is 5.97 Å². The molecular formula is C11H17NO2S. The van der Waals surface area contributed by atoms with Crippen LogP contribution < -0.4 is 0 Å². The average Bonchev–Trinajstić information content (AvgIpc) is 2.72. The van der Waals surface area contributed by atoms with Crippen LogP contribution in [0.2, 0.25) is 0 Å². The molecule has 1 aromatic rings. The summed E-state index contributed by atoms with van der Waals surface area (Å²) in [6, 6.07) is 0. The number of carbonyl (C=O) groups excluding carboxylic acids is 1. The number of aryl methyl sites for hydroxylation is 1. The van der Waals surface area contributed by atoms with Crippen molar-refractivity contribution in [1.82, 2.24) is 4.98 Å². The van der Waals surface area contributed by atoms with E-state index >= 15 is 0 Å². The van der Waals surface area contributed by atoms with Gasteiger partial charge in [-0.05, 0) is 12.8 Å². The molecule has 0 saturated heterocycles. The number of hydrogen-bond donors (Lipinski definition) is 0. The number of ether oxygens (including phenoxy) is 1. The molecule has 4 heteroatoms. The summed E-state index contributed by atoms with van der Waals surface area (Å²) in [7, 11) is 0. The van der Waals surface area contributed by atoms with E-state index in [1.54, 1.807) is 11.3 Å². The predicted molar refractivity (Wildman–Crippen MR) is 60.7 cm³/mol. The van der Waals surface area contributed by atoms with Crippen LogP contribution in [0.25, 0.3) is 0 Å². The van der Waals surface area contributed by atoms with Crippen molar-refractivity contribution in [1.29, 1.82) is 0 Å². The van der Waals surface area contributed by atoms with Gasteiger partial charge < -0.3 is 4.74 Å². The number of nitrogens with zero attached hydrogens (tertiary/aromatic N) is 1. The van der Waals surface area contributed by atoms with Crippen molar-refractivity contribution in [2.75, 3.05) is 0 Å². The molecule has 1 rings (SSSR count). The second-order valence-corrected chi connectivity index (χ2v) is 4.45. The third kappa shape index (κ3) is 3.63. The molecule has 15 heavy (non-hydrogen) atoms. The minimum atomic E-state index is -0.136. The normalized spacial score (nSPS) is 12.5. The monoisotopic (exact) mass is 227 g/mol. The zero-order valence-electron chi connectivity index (χ0n) is 9.45. The molecule has 0 aliphatic carbocycles. The molecule has 0 N–H and O–H groups in total. The minimum Gasteiger partial charge on any atom is -0.459 e. The Balaban J connectivity index is 2.40. The summed E-state index contributed by atoms with van der Waals surface area (Å²) in [5, 5.41) is 3.03. The van der Waals surface area contributed by atoms with Gasteiger partial charge in [-0.2, -0.15) is 0 Å². The molecule has 0 amide bonds. The van der Waals surface area contributed by atoms with Gasteiger partial charge in [0.15, 0.2) is 0 Å². The molecule has 0 aromatic carbocycles. The fraction of sp³-hybridized carbons (Fsp3) is 0.636. The lowest BCUT2D eigenvalue weighted by Gasteiger charge is -2.07. The first kappa shape index (κ1) is 12.2. The van der Waals surface area contributed by atoms with Gasteiger partial charge in [0.2, 0.25) is 0 Å². The van der Waals surface area contributed by atoms with Gasteiger partial charge in [0, 0.05) is 5.38 Å². The highest BCUT2D eigenvalue weighted by Gasteiger charge is 2.12. The zero-order chi connectivity index (χ0) is 11.3. The number of rotatable bonds is 5. The highest BCUT2D eigenvalue weighted by atomic mass is 32.1. The lowest BCUT2D eigenvalue weighted by Crippen LogP contribution is -2.13. The van der Waals surface area contributed by atoms with E-state index in [9.17, 15) is 4.79 Å². The van der Waals surface area contributed by atoms with Crippen molar-refractivity contribution in [2.45, 2.75) is 40.2 Å². The van der Waals surface area contributed by atoms with Gasteiger partial charge in [-0.3, -0.25) is 4.79 Å². The van der Waals surface area contributed by atoms with E-state index in [-0.39, 0.29) is 11.9 Å². The second kappa shape index (κ2) is 5.85. The fourth-order valence-electron chi connectivity index (χ4n) is 1.03. The molecule has 1 aromatic heterocycles. The summed E-state index contributed by atoms with van der Waals surface area (Å²) < 4.78 is 5.14. The number of aromatic nitrogens is 1. The molecule has 0 radical (unpaired) electrons. The van der Waals surface area contributed by atoms with Crippen LogP contribution in [0.4, 0.5) is 0 Å². The Hall–Kier alpha value is -0.900. The molecule has 0 saturated carbocycles. The SMILES string of the molecule is CCc1nc(COC(=O)C(C)CC)cs1. The molecule has 1 atom stereocenters. The summed E-state index contributed by atoms with van der Waals surface area (Å²) in [6.45, 7) is 6.22. The van der Waals surface area contributed by atoms with Crippen LogP contribution in [0.1, 0.15) is 37.9 Å². The molecule has 0 bridgehead atoms. The molecule has 3 nitrogen and oxygen atoms in total. The van der Waals surface area contributed by atoms with E-state index < -0.39 is 0 Å². The smallest absolute Gasteiger partial charge is 0.309 e. The summed E-state index contributed by atoms with van der Waals surface area (Å²) in [4.78, 5) is 15.7. The summed E-state index contributed by atoms with van der Waals surface area (Å²) in [5.74, 6) is -0.155. The molecule has 0 aliphatic rings. The van der Waals surface area contributed by atoms with Crippen molar-refractivity contribution in [3.63, 3.8) is 0 Å². The van der Waals surface area contributed by atoms with E-state index in [0.29, 0.717) is 6.61 Å². The summed E-state index contributed by atoms with van der Waals surface area (Å²) in [5.41, 5.74) is 0.855. The lowest BCUT2D eigenvalue weighted by molar-refractivity contribution is -0.149. The number of esters is 1. The minimum absolute atomic E-state index is 0.0192. The Kier molecular flexibility index (Phi) is 4.75. The van der Waals surface area contributed by atoms with Crippen molar-refractivity contribution >= 4 is 17.3 Å². The molecule has 0 spiro atoms. The van der Waals surface area contributed by atoms with Gasteiger partial charge in [-0.25, -0.2) is 4.98 Å². The Bertz CT molecular complexity index is 322. The maximum absolute atomic E-state index is 11.4. The number of hydrogen-bond acceptors (Lipinski definition) is 4. The van der Waals surface area contributed by atoms with E-state index in [1.165, 1.54) is 0 Å². The number of thiazole rings is 1. The van der Waals surface area contributed by atoms with Crippen molar-refractivity contribution in [3.05, 3.63) is 16.1 Å². The van der Waals surface area contributed by atoms with Gasteiger partial charge in [0.1, 0.15) is 6.61 Å². The largest absolute Gasteiger partial charge is 0.459 e. The second-order valence-electron chi connectivity index (χ2n) is 3.50. The van der Waals surface area contributed by atoms with Crippen LogP contribution in [0.5, 0.6) is 0 Å². The van der Waals surface area contributed by atoms with E-state index in [4.69, 9.17) is 4.74 Å².